The van der Waals surface area contributed by atoms with Gasteiger partial charge in [-0.2, -0.15) is 0 Å². The lowest BCUT2D eigenvalue weighted by Crippen LogP contribution is -3.15. The fraction of sp³-hybridized carbons (Fsp3) is 0.263. The van der Waals surface area contributed by atoms with Crippen LogP contribution < -0.4 is 10.2 Å². The van der Waals surface area contributed by atoms with Crippen molar-refractivity contribution >= 4 is 40.7 Å². The van der Waals surface area contributed by atoms with Crippen molar-refractivity contribution in [3.05, 3.63) is 63.9 Å². The molecule has 0 aromatic heterocycles. The summed E-state index contributed by atoms with van der Waals surface area (Å²) in [5, 5.41) is 3.52. The van der Waals surface area contributed by atoms with Crippen molar-refractivity contribution in [2.24, 2.45) is 0 Å². The Morgan fingerprint density at radius 3 is 2.33 bits per heavy atom. The minimum atomic E-state index is -0.346. The summed E-state index contributed by atoms with van der Waals surface area (Å²) < 4.78 is 12.9. The van der Waals surface area contributed by atoms with Crippen LogP contribution in [0.3, 0.4) is 0 Å². The maximum Gasteiger partial charge on any atom is 0.279 e. The van der Waals surface area contributed by atoms with Crippen LogP contribution in [0.2, 0.25) is 10.0 Å². The molecule has 1 fully saturated rings. The Morgan fingerprint density at radius 1 is 1.04 bits per heavy atom. The summed E-state index contributed by atoms with van der Waals surface area (Å²) in [4.78, 5) is 27.5. The lowest BCUT2D eigenvalue weighted by Gasteiger charge is -2.32. The molecule has 0 radical (unpaired) electrons. The van der Waals surface area contributed by atoms with Gasteiger partial charge in [-0.25, -0.2) is 4.39 Å². The minimum Gasteiger partial charge on any atom is -0.327 e. The summed E-state index contributed by atoms with van der Waals surface area (Å²) in [6.45, 7) is 2.75. The molecule has 0 saturated carbocycles. The number of amides is 2. The van der Waals surface area contributed by atoms with Crippen molar-refractivity contribution in [2.45, 2.75) is 0 Å². The number of anilines is 1. The van der Waals surface area contributed by atoms with E-state index in [2.05, 4.69) is 5.32 Å². The molecule has 5 nitrogen and oxygen atoms in total. The summed E-state index contributed by atoms with van der Waals surface area (Å²) >= 11 is 11.9. The van der Waals surface area contributed by atoms with Gasteiger partial charge < -0.3 is 15.1 Å². The van der Waals surface area contributed by atoms with E-state index in [1.807, 2.05) is 0 Å². The quantitative estimate of drug-likeness (QED) is 0.810. The fourth-order valence-electron chi connectivity index (χ4n) is 2.98. The Kier molecular flexibility index (Phi) is 6.31. The molecule has 0 atom stereocenters. The number of rotatable bonds is 4. The van der Waals surface area contributed by atoms with Crippen molar-refractivity contribution in [1.82, 2.24) is 4.90 Å². The molecule has 2 aromatic rings. The second-order valence-electron chi connectivity index (χ2n) is 6.40. The number of piperazine rings is 1. The van der Waals surface area contributed by atoms with E-state index in [4.69, 9.17) is 23.2 Å². The van der Waals surface area contributed by atoms with Crippen LogP contribution in [0.1, 0.15) is 10.4 Å². The standard InChI is InChI=1S/C19H18Cl2FN3O2/c20-16-6-1-13(11-17(16)21)19(27)25-9-7-24(8-10-25)12-18(26)23-15-4-2-14(22)3-5-15/h1-6,11H,7-10,12H2,(H,23,26)/p+1. The SMILES string of the molecule is O=C(C[NH+]1CCN(C(=O)c2ccc(Cl)c(Cl)c2)CC1)Nc1ccc(F)cc1. The van der Waals surface area contributed by atoms with Crippen LogP contribution in [0, 0.1) is 5.82 Å². The molecule has 0 bridgehead atoms. The molecule has 2 N–H and O–H groups in total. The molecule has 2 amide bonds. The monoisotopic (exact) mass is 410 g/mol. The largest absolute Gasteiger partial charge is 0.327 e. The van der Waals surface area contributed by atoms with Crippen LogP contribution in [0.4, 0.5) is 10.1 Å². The third-order valence-electron chi connectivity index (χ3n) is 4.46. The smallest absolute Gasteiger partial charge is 0.279 e. The summed E-state index contributed by atoms with van der Waals surface area (Å²) in [6, 6.07) is 10.5. The molecule has 1 aliphatic rings. The highest BCUT2D eigenvalue weighted by atomic mass is 35.5. The molecule has 27 heavy (non-hydrogen) atoms. The second-order valence-corrected chi connectivity index (χ2v) is 7.22. The number of hydrogen-bond donors (Lipinski definition) is 2. The zero-order chi connectivity index (χ0) is 19.4. The van der Waals surface area contributed by atoms with Crippen molar-refractivity contribution < 1.29 is 18.9 Å². The van der Waals surface area contributed by atoms with Gasteiger partial charge in [0.2, 0.25) is 0 Å². The van der Waals surface area contributed by atoms with E-state index in [1.165, 1.54) is 24.3 Å². The molecule has 3 rings (SSSR count). The molecule has 8 heteroatoms. The van der Waals surface area contributed by atoms with Crippen molar-refractivity contribution in [3.63, 3.8) is 0 Å². The third kappa shape index (κ3) is 5.19. The van der Waals surface area contributed by atoms with Crippen LogP contribution in [-0.2, 0) is 4.79 Å². The second kappa shape index (κ2) is 8.69. The summed E-state index contributed by atoms with van der Waals surface area (Å²) in [5.41, 5.74) is 1.07. The lowest BCUT2D eigenvalue weighted by atomic mass is 10.2. The van der Waals surface area contributed by atoms with Crippen LogP contribution in [0.25, 0.3) is 0 Å². The molecule has 0 aliphatic carbocycles. The van der Waals surface area contributed by atoms with Crippen molar-refractivity contribution in [3.8, 4) is 0 Å². The van der Waals surface area contributed by atoms with Crippen molar-refractivity contribution in [1.29, 1.82) is 0 Å². The minimum absolute atomic E-state index is 0.0941. The highest BCUT2D eigenvalue weighted by Crippen LogP contribution is 2.23. The first-order chi connectivity index (χ1) is 12.9. The van der Waals surface area contributed by atoms with E-state index in [0.717, 1.165) is 4.90 Å². The van der Waals surface area contributed by atoms with Crippen LogP contribution in [-0.4, -0.2) is 49.4 Å². The number of nitrogens with zero attached hydrogens (tertiary/aromatic N) is 1. The first-order valence-corrected chi connectivity index (χ1v) is 9.31. The molecule has 0 spiro atoms. The summed E-state index contributed by atoms with van der Waals surface area (Å²) in [5.74, 6) is -0.578. The number of hydrogen-bond acceptors (Lipinski definition) is 2. The van der Waals surface area contributed by atoms with E-state index in [1.54, 1.807) is 23.1 Å². The lowest BCUT2D eigenvalue weighted by molar-refractivity contribution is -0.895. The van der Waals surface area contributed by atoms with E-state index in [-0.39, 0.29) is 17.6 Å². The number of quaternary nitrogens is 1. The predicted molar refractivity (Wildman–Crippen MR) is 103 cm³/mol. The average Bonchev–Trinajstić information content (AvgIpc) is 2.66. The van der Waals surface area contributed by atoms with Gasteiger partial charge in [0.05, 0.1) is 36.2 Å². The van der Waals surface area contributed by atoms with Gasteiger partial charge in [-0.05, 0) is 42.5 Å². The van der Waals surface area contributed by atoms with Gasteiger partial charge in [-0.3, -0.25) is 9.59 Å². The van der Waals surface area contributed by atoms with E-state index in [9.17, 15) is 14.0 Å². The highest BCUT2D eigenvalue weighted by molar-refractivity contribution is 6.42. The van der Waals surface area contributed by atoms with Gasteiger partial charge in [0.25, 0.3) is 11.8 Å². The molecule has 1 saturated heterocycles. The zero-order valence-corrected chi connectivity index (χ0v) is 16.0. The van der Waals surface area contributed by atoms with Gasteiger partial charge in [0.1, 0.15) is 5.82 Å². The molecule has 1 aliphatic heterocycles. The molecule has 1 heterocycles. The first kappa shape index (κ1) is 19.6. The van der Waals surface area contributed by atoms with Gasteiger partial charge in [-0.1, -0.05) is 23.2 Å². The normalized spacial score (nSPS) is 14.9. The first-order valence-electron chi connectivity index (χ1n) is 8.55. The number of benzene rings is 2. The van der Waals surface area contributed by atoms with Gasteiger partial charge >= 0.3 is 0 Å². The molecule has 2 aromatic carbocycles. The molecular formula is C19H19Cl2FN3O2+. The Morgan fingerprint density at radius 2 is 1.70 bits per heavy atom. The number of nitrogens with one attached hydrogen (secondary N) is 2. The number of carbonyl (C=O) groups is 2. The van der Waals surface area contributed by atoms with E-state index >= 15 is 0 Å². The Hall–Kier alpha value is -2.15. The fourth-order valence-corrected chi connectivity index (χ4v) is 3.28. The average molecular weight is 411 g/mol. The molecule has 0 unspecified atom stereocenters. The van der Waals surface area contributed by atoms with Gasteiger partial charge in [0, 0.05) is 11.3 Å². The third-order valence-corrected chi connectivity index (χ3v) is 5.20. The number of carbonyl (C=O) groups excluding carboxylic acids is 2. The van der Waals surface area contributed by atoms with Crippen molar-refractivity contribution in [2.75, 3.05) is 38.0 Å². The maximum atomic E-state index is 12.9. The molecule has 142 valence electrons. The van der Waals surface area contributed by atoms with Gasteiger partial charge in [-0.15, -0.1) is 0 Å². The topological polar surface area (TPSA) is 53.9 Å². The Balaban J connectivity index is 1.49. The highest BCUT2D eigenvalue weighted by Gasteiger charge is 2.26. The Bertz CT molecular complexity index is 837. The number of halogens is 3. The van der Waals surface area contributed by atoms with E-state index < -0.39 is 0 Å². The van der Waals surface area contributed by atoms with Crippen LogP contribution in [0.15, 0.2) is 42.5 Å². The van der Waals surface area contributed by atoms with Crippen LogP contribution in [0.5, 0.6) is 0 Å². The van der Waals surface area contributed by atoms with Gasteiger partial charge in [0.15, 0.2) is 6.54 Å². The van der Waals surface area contributed by atoms with E-state index in [0.29, 0.717) is 54.0 Å². The molecular weight excluding hydrogens is 392 g/mol. The Labute approximate surface area is 166 Å². The summed E-state index contributed by atoms with van der Waals surface area (Å²) in [6.07, 6.45) is 0. The zero-order valence-electron chi connectivity index (χ0n) is 14.5. The van der Waals surface area contributed by atoms with Crippen LogP contribution >= 0.6 is 23.2 Å². The maximum absolute atomic E-state index is 12.9. The predicted octanol–water partition coefficient (Wildman–Crippen LogP) is 2.11. The summed E-state index contributed by atoms with van der Waals surface area (Å²) in [7, 11) is 0.